The Labute approximate surface area is 174 Å². The number of nitrogens with zero attached hydrogens (tertiary/aromatic N) is 2. The first-order valence-electron chi connectivity index (χ1n) is 9.76. The van der Waals surface area contributed by atoms with Crippen LogP contribution in [0.25, 0.3) is 0 Å². The topological polar surface area (TPSA) is 88.1 Å². The van der Waals surface area contributed by atoms with Crippen molar-refractivity contribution in [2.75, 3.05) is 23.9 Å². The molecule has 1 aliphatic carbocycles. The Morgan fingerprint density at radius 3 is 1.87 bits per heavy atom. The molecular weight excluding hydrogens is 384 g/mol. The van der Waals surface area contributed by atoms with Crippen LogP contribution in [0.15, 0.2) is 72.4 Å². The fourth-order valence-corrected chi connectivity index (χ4v) is 4.16. The van der Waals surface area contributed by atoms with Crippen molar-refractivity contribution >= 4 is 17.2 Å². The molecule has 30 heavy (non-hydrogen) atoms. The largest absolute Gasteiger partial charge is 0.851 e. The number of rotatable bonds is 2. The molecule has 7 heteroatoms. The van der Waals surface area contributed by atoms with Crippen LogP contribution in [0.1, 0.15) is 0 Å². The van der Waals surface area contributed by atoms with Crippen molar-refractivity contribution in [2.45, 2.75) is 12.2 Å². The number of ether oxygens (including phenoxy) is 2. The van der Waals surface area contributed by atoms with Crippen LogP contribution in [-0.2, 0) is 4.79 Å². The zero-order valence-corrected chi connectivity index (χ0v) is 16.5. The lowest BCUT2D eigenvalue weighted by Gasteiger charge is -2.30. The molecule has 3 aliphatic rings. The molecular formula is C23H20N2O5-2. The third-order valence-corrected chi connectivity index (χ3v) is 5.89. The van der Waals surface area contributed by atoms with Crippen LogP contribution >= 0.6 is 0 Å². The van der Waals surface area contributed by atoms with Gasteiger partial charge in [-0.3, -0.25) is 0 Å². The first-order valence-corrected chi connectivity index (χ1v) is 9.76. The molecule has 0 radical (unpaired) electrons. The highest BCUT2D eigenvalue weighted by molar-refractivity contribution is 5.90. The van der Waals surface area contributed by atoms with Gasteiger partial charge < -0.3 is 34.3 Å². The third-order valence-electron chi connectivity index (χ3n) is 5.89. The van der Waals surface area contributed by atoms with Gasteiger partial charge in [0.1, 0.15) is 5.78 Å². The van der Waals surface area contributed by atoms with E-state index in [1.165, 1.54) is 12.2 Å². The van der Waals surface area contributed by atoms with Gasteiger partial charge in [0.05, 0.1) is 11.4 Å². The van der Waals surface area contributed by atoms with Crippen molar-refractivity contribution in [1.82, 2.24) is 0 Å². The van der Waals surface area contributed by atoms with E-state index in [0.717, 1.165) is 11.4 Å². The SMILES string of the molecule is CN1C(=CC2C(=O)C([O-])C(C=C3Oc4ccccc4N3C)C2[O-])Oc2ccccc21. The van der Waals surface area contributed by atoms with Crippen molar-refractivity contribution < 1.29 is 24.5 Å². The number of fused-ring (bicyclic) bond motifs is 2. The summed E-state index contributed by atoms with van der Waals surface area (Å²) in [5, 5.41) is 25.8. The van der Waals surface area contributed by atoms with E-state index in [0.29, 0.717) is 23.3 Å². The molecule has 0 aromatic heterocycles. The predicted molar refractivity (Wildman–Crippen MR) is 107 cm³/mol. The van der Waals surface area contributed by atoms with Gasteiger partial charge in [0.2, 0.25) is 0 Å². The zero-order chi connectivity index (χ0) is 21.0. The number of carbonyl (C=O) groups is 1. The first-order chi connectivity index (χ1) is 14.5. The zero-order valence-electron chi connectivity index (χ0n) is 16.5. The van der Waals surface area contributed by atoms with E-state index in [4.69, 9.17) is 9.47 Å². The molecule has 4 unspecified atom stereocenters. The van der Waals surface area contributed by atoms with Crippen LogP contribution in [0.5, 0.6) is 11.5 Å². The van der Waals surface area contributed by atoms with Crippen molar-refractivity contribution in [2.24, 2.45) is 11.8 Å². The van der Waals surface area contributed by atoms with Gasteiger partial charge in [0.25, 0.3) is 0 Å². The molecule has 2 aromatic carbocycles. The quantitative estimate of drug-likeness (QED) is 0.738. The van der Waals surface area contributed by atoms with E-state index in [-0.39, 0.29) is 0 Å². The van der Waals surface area contributed by atoms with Gasteiger partial charge in [-0.15, -0.1) is 6.10 Å². The second-order valence-electron chi connectivity index (χ2n) is 7.66. The maximum Gasteiger partial charge on any atom is 0.197 e. The summed E-state index contributed by atoms with van der Waals surface area (Å²) in [6.07, 6.45) is -0.0741. The number of benzene rings is 2. The lowest BCUT2D eigenvalue weighted by atomic mass is 9.99. The van der Waals surface area contributed by atoms with E-state index >= 15 is 0 Å². The van der Waals surface area contributed by atoms with E-state index in [2.05, 4.69) is 0 Å². The van der Waals surface area contributed by atoms with Crippen LogP contribution in [0.3, 0.4) is 0 Å². The van der Waals surface area contributed by atoms with E-state index in [1.807, 2.05) is 48.5 Å². The van der Waals surface area contributed by atoms with Crippen LogP contribution in [-0.4, -0.2) is 32.1 Å². The molecule has 0 saturated heterocycles. The molecule has 4 atom stereocenters. The minimum atomic E-state index is -1.64. The van der Waals surface area contributed by atoms with Gasteiger partial charge in [-0.05, 0) is 42.3 Å². The predicted octanol–water partition coefficient (Wildman–Crippen LogP) is 1.000. The Hall–Kier alpha value is -3.29. The molecule has 1 fully saturated rings. The highest BCUT2D eigenvalue weighted by Gasteiger charge is 2.39. The maximum absolute atomic E-state index is 13.1. The van der Waals surface area contributed by atoms with Gasteiger partial charge >= 0.3 is 0 Å². The van der Waals surface area contributed by atoms with Gasteiger partial charge in [-0.2, -0.15) is 0 Å². The number of carbonyl (C=O) groups excluding carboxylic acids is 1. The van der Waals surface area contributed by atoms with Crippen molar-refractivity contribution in [3.05, 3.63) is 72.4 Å². The molecule has 2 heterocycles. The minimum absolute atomic E-state index is 0.387. The average Bonchev–Trinajstić information content (AvgIpc) is 3.31. The lowest BCUT2D eigenvalue weighted by Crippen LogP contribution is -2.40. The van der Waals surface area contributed by atoms with Crippen LogP contribution < -0.4 is 29.5 Å². The van der Waals surface area contributed by atoms with Crippen LogP contribution in [0.4, 0.5) is 11.4 Å². The fraction of sp³-hybridized carbons (Fsp3) is 0.261. The van der Waals surface area contributed by atoms with E-state index in [1.54, 1.807) is 23.9 Å². The molecule has 5 rings (SSSR count). The number of hydrogen-bond donors (Lipinski definition) is 0. The summed E-state index contributed by atoms with van der Waals surface area (Å²) in [4.78, 5) is 16.2. The summed E-state index contributed by atoms with van der Waals surface area (Å²) in [5.74, 6) is -0.609. The number of ketones is 1. The van der Waals surface area contributed by atoms with Gasteiger partial charge in [0.15, 0.2) is 23.3 Å². The number of hydrogen-bond acceptors (Lipinski definition) is 7. The second kappa shape index (κ2) is 6.90. The van der Waals surface area contributed by atoms with Crippen molar-refractivity contribution in [3.63, 3.8) is 0 Å². The number of anilines is 2. The Morgan fingerprint density at radius 1 is 0.833 bits per heavy atom. The average molecular weight is 404 g/mol. The summed E-state index contributed by atoms with van der Waals surface area (Å²) >= 11 is 0. The second-order valence-corrected chi connectivity index (χ2v) is 7.66. The Kier molecular flexibility index (Phi) is 4.30. The Morgan fingerprint density at radius 2 is 1.33 bits per heavy atom. The highest BCUT2D eigenvalue weighted by atomic mass is 16.5. The van der Waals surface area contributed by atoms with Crippen molar-refractivity contribution in [3.8, 4) is 11.5 Å². The van der Waals surface area contributed by atoms with Crippen molar-refractivity contribution in [1.29, 1.82) is 0 Å². The first kappa shape index (κ1) is 18.7. The molecule has 154 valence electrons. The number of Topliss-reactive ketones (excluding diaryl/α,β-unsaturated/α-hetero) is 1. The summed E-state index contributed by atoms with van der Waals surface area (Å²) in [6, 6.07) is 14.9. The summed E-state index contributed by atoms with van der Waals surface area (Å²) in [6.45, 7) is 0. The summed E-state index contributed by atoms with van der Waals surface area (Å²) in [5.41, 5.74) is 1.68. The smallest absolute Gasteiger partial charge is 0.197 e. The Balaban J connectivity index is 1.41. The third kappa shape index (κ3) is 2.78. The molecule has 0 bridgehead atoms. The summed E-state index contributed by atoms with van der Waals surface area (Å²) in [7, 11) is 3.59. The normalized spacial score (nSPS) is 29.9. The highest BCUT2D eigenvalue weighted by Crippen LogP contribution is 2.41. The van der Waals surface area contributed by atoms with Crippen LogP contribution in [0.2, 0.25) is 0 Å². The maximum atomic E-state index is 13.1. The molecule has 0 amide bonds. The lowest BCUT2D eigenvalue weighted by molar-refractivity contribution is -0.458. The molecule has 2 aromatic rings. The van der Waals surface area contributed by atoms with E-state index < -0.39 is 29.8 Å². The molecule has 0 N–H and O–H groups in total. The number of para-hydroxylation sites is 4. The van der Waals surface area contributed by atoms with Gasteiger partial charge in [0, 0.05) is 20.0 Å². The standard InChI is InChI=1S/C23H20N2O5/c1-24-15-7-3-5-9-17(15)29-19(24)11-13-21(26)14(23(28)22(13)27)12-20-25(2)16-8-4-6-10-18(16)30-20/h3-14,21-22H,1-2H3/q-2. The fourth-order valence-electron chi connectivity index (χ4n) is 4.16. The molecule has 1 saturated carbocycles. The minimum Gasteiger partial charge on any atom is -0.851 e. The van der Waals surface area contributed by atoms with E-state index in [9.17, 15) is 15.0 Å². The Bertz CT molecular complexity index is 1080. The molecule has 7 nitrogen and oxygen atoms in total. The molecule has 0 spiro atoms. The monoisotopic (exact) mass is 404 g/mol. The summed E-state index contributed by atoms with van der Waals surface area (Å²) < 4.78 is 11.6. The van der Waals surface area contributed by atoms with Gasteiger partial charge in [-0.1, -0.05) is 30.4 Å². The van der Waals surface area contributed by atoms with Crippen LogP contribution in [0, 0.1) is 11.8 Å². The molecule has 2 aliphatic heterocycles. The van der Waals surface area contributed by atoms with Gasteiger partial charge in [-0.25, -0.2) is 0 Å².